The molecule has 0 saturated carbocycles. The van der Waals surface area contributed by atoms with E-state index in [4.69, 9.17) is 4.42 Å². The number of fused-ring (bicyclic) bond motifs is 1. The molecule has 0 spiro atoms. The molecule has 0 fully saturated rings. The minimum absolute atomic E-state index is 0.0453. The Bertz CT molecular complexity index is 1080. The van der Waals surface area contributed by atoms with Crippen LogP contribution in [-0.4, -0.2) is 17.2 Å². The maximum absolute atomic E-state index is 13.7. The Morgan fingerprint density at radius 2 is 1.67 bits per heavy atom. The highest BCUT2D eigenvalue weighted by Crippen LogP contribution is 2.41. The van der Waals surface area contributed by atoms with Gasteiger partial charge in [0.2, 0.25) is 11.8 Å². The number of nitrogens with one attached hydrogen (secondary N) is 1. The first-order valence-electron chi connectivity index (χ1n) is 8.42. The summed E-state index contributed by atoms with van der Waals surface area (Å²) in [5.74, 6) is -1.11. The molecular formula is C19H12F6N2O3. The van der Waals surface area contributed by atoms with Crippen LogP contribution >= 0.6 is 0 Å². The Morgan fingerprint density at radius 3 is 2.23 bits per heavy atom. The number of rotatable bonds is 5. The fourth-order valence-electron chi connectivity index (χ4n) is 2.71. The van der Waals surface area contributed by atoms with Crippen molar-refractivity contribution < 1.29 is 40.3 Å². The first-order chi connectivity index (χ1) is 14.0. The second-order valence-electron chi connectivity index (χ2n) is 6.18. The van der Waals surface area contributed by atoms with E-state index in [1.807, 2.05) is 0 Å². The van der Waals surface area contributed by atoms with Gasteiger partial charge < -0.3 is 14.5 Å². The number of benzene rings is 2. The third kappa shape index (κ3) is 4.44. The van der Waals surface area contributed by atoms with Crippen molar-refractivity contribution in [1.29, 1.82) is 0 Å². The molecule has 0 bridgehead atoms. The SMILES string of the molecule is O=CCCC(=O)Nc1ccc2nc(-c3ccc(C(F)(F)F)cc3)oc2c1C(F)(F)F. The lowest BCUT2D eigenvalue weighted by Crippen LogP contribution is -2.16. The van der Waals surface area contributed by atoms with Crippen LogP contribution in [0.2, 0.25) is 0 Å². The normalized spacial score (nSPS) is 12.2. The molecular weight excluding hydrogens is 418 g/mol. The molecule has 3 rings (SSSR count). The quantitative estimate of drug-likeness (QED) is 0.432. The standard InChI is InChI=1S/C19H12F6N2O3/c20-18(21,22)11-5-3-10(4-6-11)17-27-13-8-7-12(26-14(29)2-1-9-28)15(16(13)30-17)19(23,24)25/h3-9H,1-2H2,(H,26,29). The van der Waals surface area contributed by atoms with Crippen molar-refractivity contribution in [2.24, 2.45) is 0 Å². The van der Waals surface area contributed by atoms with E-state index >= 15 is 0 Å². The molecule has 158 valence electrons. The van der Waals surface area contributed by atoms with E-state index in [1.165, 1.54) is 6.07 Å². The van der Waals surface area contributed by atoms with Crippen LogP contribution in [0.3, 0.4) is 0 Å². The van der Waals surface area contributed by atoms with Gasteiger partial charge in [-0.25, -0.2) is 4.98 Å². The van der Waals surface area contributed by atoms with Gasteiger partial charge in [0.1, 0.15) is 17.4 Å². The molecule has 1 aromatic heterocycles. The van der Waals surface area contributed by atoms with Gasteiger partial charge in [0, 0.05) is 18.4 Å². The minimum Gasteiger partial charge on any atom is -0.435 e. The van der Waals surface area contributed by atoms with Crippen LogP contribution in [0, 0.1) is 0 Å². The molecule has 11 heteroatoms. The van der Waals surface area contributed by atoms with Gasteiger partial charge in [0.25, 0.3) is 0 Å². The maximum atomic E-state index is 13.7. The summed E-state index contributed by atoms with van der Waals surface area (Å²) in [6.45, 7) is 0. The number of hydrogen-bond acceptors (Lipinski definition) is 4. The van der Waals surface area contributed by atoms with Gasteiger partial charge in [-0.05, 0) is 36.4 Å². The third-order valence-corrected chi connectivity index (χ3v) is 4.06. The summed E-state index contributed by atoms with van der Waals surface area (Å²) in [5, 5.41) is 2.09. The highest BCUT2D eigenvalue weighted by molar-refractivity contribution is 5.96. The van der Waals surface area contributed by atoms with E-state index in [9.17, 15) is 35.9 Å². The summed E-state index contributed by atoms with van der Waals surface area (Å²) in [5.41, 5.74) is -3.62. The number of amides is 1. The number of anilines is 1. The Kier molecular flexibility index (Phi) is 5.55. The van der Waals surface area contributed by atoms with Crippen LogP contribution < -0.4 is 5.32 Å². The van der Waals surface area contributed by atoms with Crippen LogP contribution in [0.15, 0.2) is 40.8 Å². The van der Waals surface area contributed by atoms with Crippen molar-refractivity contribution in [2.75, 3.05) is 5.32 Å². The number of nitrogens with zero attached hydrogens (tertiary/aromatic N) is 1. The maximum Gasteiger partial charge on any atom is 0.422 e. The molecule has 0 unspecified atom stereocenters. The number of alkyl halides is 6. The molecule has 0 aliphatic carbocycles. The second-order valence-corrected chi connectivity index (χ2v) is 6.18. The van der Waals surface area contributed by atoms with Gasteiger partial charge in [-0.3, -0.25) is 4.79 Å². The third-order valence-electron chi connectivity index (χ3n) is 4.06. The number of halogens is 6. The Hall–Kier alpha value is -3.37. The Balaban J connectivity index is 2.05. The number of aromatic nitrogens is 1. The topological polar surface area (TPSA) is 72.2 Å². The van der Waals surface area contributed by atoms with Gasteiger partial charge >= 0.3 is 12.4 Å². The van der Waals surface area contributed by atoms with Crippen LogP contribution in [0.1, 0.15) is 24.0 Å². The van der Waals surface area contributed by atoms with Gasteiger partial charge in [0.15, 0.2) is 5.58 Å². The average molecular weight is 430 g/mol. The van der Waals surface area contributed by atoms with Crippen LogP contribution in [-0.2, 0) is 21.9 Å². The Labute approximate surface area is 164 Å². The summed E-state index contributed by atoms with van der Waals surface area (Å²) < 4.78 is 84.2. The molecule has 0 saturated heterocycles. The molecule has 0 radical (unpaired) electrons. The van der Waals surface area contributed by atoms with E-state index in [0.29, 0.717) is 6.29 Å². The summed E-state index contributed by atoms with van der Waals surface area (Å²) in [6.07, 6.45) is -9.49. The van der Waals surface area contributed by atoms with Crippen molar-refractivity contribution in [3.63, 3.8) is 0 Å². The van der Waals surface area contributed by atoms with Gasteiger partial charge in [-0.15, -0.1) is 0 Å². The number of carbonyl (C=O) groups is 2. The molecule has 1 heterocycles. The minimum atomic E-state index is -4.93. The fraction of sp³-hybridized carbons (Fsp3) is 0.211. The van der Waals surface area contributed by atoms with Gasteiger partial charge in [-0.2, -0.15) is 26.3 Å². The number of aldehydes is 1. The summed E-state index contributed by atoms with van der Waals surface area (Å²) >= 11 is 0. The molecule has 5 nitrogen and oxygen atoms in total. The fourth-order valence-corrected chi connectivity index (χ4v) is 2.71. The lowest BCUT2D eigenvalue weighted by Gasteiger charge is -2.13. The van der Waals surface area contributed by atoms with Crippen molar-refractivity contribution in [1.82, 2.24) is 4.98 Å². The summed E-state index contributed by atoms with van der Waals surface area (Å²) in [4.78, 5) is 26.0. The highest BCUT2D eigenvalue weighted by atomic mass is 19.4. The van der Waals surface area contributed by atoms with Crippen molar-refractivity contribution in [2.45, 2.75) is 25.2 Å². The zero-order valence-electron chi connectivity index (χ0n) is 14.9. The zero-order valence-corrected chi connectivity index (χ0v) is 14.9. The molecule has 0 aliphatic rings. The lowest BCUT2D eigenvalue weighted by atomic mass is 10.1. The van der Waals surface area contributed by atoms with E-state index in [2.05, 4.69) is 10.3 Å². The lowest BCUT2D eigenvalue weighted by molar-refractivity contribution is -0.138. The molecule has 3 aromatic rings. The van der Waals surface area contributed by atoms with Crippen molar-refractivity contribution in [3.05, 3.63) is 47.5 Å². The molecule has 1 N–H and O–H groups in total. The molecule has 0 atom stereocenters. The predicted molar refractivity (Wildman–Crippen MR) is 93.4 cm³/mol. The van der Waals surface area contributed by atoms with E-state index in [0.717, 1.165) is 30.3 Å². The van der Waals surface area contributed by atoms with Crippen LogP contribution in [0.25, 0.3) is 22.6 Å². The second kappa shape index (κ2) is 7.81. The molecule has 0 aliphatic heterocycles. The van der Waals surface area contributed by atoms with E-state index < -0.39 is 40.7 Å². The number of carbonyl (C=O) groups excluding carboxylic acids is 2. The Morgan fingerprint density at radius 1 is 1.00 bits per heavy atom. The monoisotopic (exact) mass is 430 g/mol. The van der Waals surface area contributed by atoms with Crippen molar-refractivity contribution >= 4 is 29.0 Å². The van der Waals surface area contributed by atoms with E-state index in [1.54, 1.807) is 0 Å². The smallest absolute Gasteiger partial charge is 0.422 e. The van der Waals surface area contributed by atoms with Crippen LogP contribution in [0.5, 0.6) is 0 Å². The van der Waals surface area contributed by atoms with Crippen molar-refractivity contribution in [3.8, 4) is 11.5 Å². The molecule has 2 aromatic carbocycles. The zero-order chi connectivity index (χ0) is 22.1. The van der Waals surface area contributed by atoms with Crippen LogP contribution in [0.4, 0.5) is 32.0 Å². The number of oxazole rings is 1. The van der Waals surface area contributed by atoms with Gasteiger partial charge in [0.05, 0.1) is 11.3 Å². The number of hydrogen-bond donors (Lipinski definition) is 1. The van der Waals surface area contributed by atoms with Gasteiger partial charge in [-0.1, -0.05) is 0 Å². The summed E-state index contributed by atoms with van der Waals surface area (Å²) in [7, 11) is 0. The summed E-state index contributed by atoms with van der Waals surface area (Å²) in [6, 6.07) is 5.74. The first-order valence-corrected chi connectivity index (χ1v) is 8.42. The molecule has 1 amide bonds. The van der Waals surface area contributed by atoms with E-state index in [-0.39, 0.29) is 29.8 Å². The molecule has 30 heavy (non-hydrogen) atoms. The average Bonchev–Trinajstić information content (AvgIpc) is 3.08. The highest BCUT2D eigenvalue weighted by Gasteiger charge is 2.38. The first kappa shape index (κ1) is 21.3. The largest absolute Gasteiger partial charge is 0.435 e. The predicted octanol–water partition coefficient (Wildman–Crippen LogP) is 5.45.